The fraction of sp³-hybridized carbons (Fsp3) is 0.306. The molecule has 0 saturated carbocycles. The molecule has 0 aromatic heterocycles. The molecular weight excluding hydrogens is 476 g/mol. The van der Waals surface area contributed by atoms with Gasteiger partial charge in [-0.25, -0.2) is 0 Å². The summed E-state index contributed by atoms with van der Waals surface area (Å²) >= 11 is 0. The third-order valence-electron chi connectivity index (χ3n) is 9.03. The number of hydrogen-bond donors (Lipinski definition) is 1. The average Bonchev–Trinajstić information content (AvgIpc) is 3.28. The Hall–Kier alpha value is -3.69. The highest BCUT2D eigenvalue weighted by atomic mass is 16.2. The quantitative estimate of drug-likeness (QED) is 0.209. The van der Waals surface area contributed by atoms with Crippen LogP contribution in [0.15, 0.2) is 97.1 Å². The molecular formula is C36H38N2O. The number of carbonyl (C=O) groups is 1. The van der Waals surface area contributed by atoms with Crippen molar-refractivity contribution in [1.82, 2.24) is 10.2 Å². The maximum atomic E-state index is 12.9. The van der Waals surface area contributed by atoms with Crippen LogP contribution in [0.2, 0.25) is 0 Å². The predicted molar refractivity (Wildman–Crippen MR) is 164 cm³/mol. The first-order valence-electron chi connectivity index (χ1n) is 14.3. The number of fused-ring (bicyclic) bond motifs is 4. The van der Waals surface area contributed by atoms with E-state index in [4.69, 9.17) is 0 Å². The van der Waals surface area contributed by atoms with Crippen LogP contribution in [0.25, 0.3) is 27.1 Å². The van der Waals surface area contributed by atoms with Crippen molar-refractivity contribution in [2.24, 2.45) is 5.41 Å². The van der Waals surface area contributed by atoms with E-state index in [9.17, 15) is 4.79 Å². The van der Waals surface area contributed by atoms with Crippen molar-refractivity contribution >= 4 is 33.0 Å². The van der Waals surface area contributed by atoms with Crippen molar-refractivity contribution in [3.63, 3.8) is 0 Å². The van der Waals surface area contributed by atoms with Crippen LogP contribution in [0.3, 0.4) is 0 Å². The molecule has 39 heavy (non-hydrogen) atoms. The Bertz CT molecular complexity index is 1620. The molecule has 4 aromatic carbocycles. The second-order valence-electron chi connectivity index (χ2n) is 11.4. The summed E-state index contributed by atoms with van der Waals surface area (Å²) in [5, 5.41) is 8.61. The Balaban J connectivity index is 1.68. The van der Waals surface area contributed by atoms with Gasteiger partial charge in [0.2, 0.25) is 5.91 Å². The Labute approximate surface area is 232 Å². The minimum Gasteiger partial charge on any atom is -0.328 e. The number of hydrogen-bond acceptors (Lipinski definition) is 2. The van der Waals surface area contributed by atoms with Gasteiger partial charge in [-0.15, -0.1) is 0 Å². The number of amides is 1. The highest BCUT2D eigenvalue weighted by Gasteiger charge is 2.43. The molecule has 0 spiro atoms. The lowest BCUT2D eigenvalue weighted by molar-refractivity contribution is -0.126. The first-order chi connectivity index (χ1) is 19.0. The minimum atomic E-state index is -0.140. The maximum Gasteiger partial charge on any atom is 0.237 e. The summed E-state index contributed by atoms with van der Waals surface area (Å²) in [4.78, 5) is 14.8. The van der Waals surface area contributed by atoms with E-state index in [1.54, 1.807) is 0 Å². The minimum absolute atomic E-state index is 0.0377. The molecule has 1 aliphatic heterocycles. The van der Waals surface area contributed by atoms with Gasteiger partial charge in [0.05, 0.1) is 12.7 Å². The van der Waals surface area contributed by atoms with Crippen LogP contribution in [-0.2, 0) is 4.79 Å². The number of nitrogens with zero attached hydrogens (tertiary/aromatic N) is 1. The summed E-state index contributed by atoms with van der Waals surface area (Å²) in [5.74, 6) is 0.507. The molecule has 1 saturated heterocycles. The highest BCUT2D eigenvalue weighted by Crippen LogP contribution is 2.54. The van der Waals surface area contributed by atoms with E-state index in [2.05, 4.69) is 123 Å². The number of likely N-dealkylation sites (N-methyl/N-ethyl adjacent to an activating group) is 1. The molecule has 1 fully saturated rings. The predicted octanol–water partition coefficient (Wildman–Crippen LogP) is 8.03. The van der Waals surface area contributed by atoms with E-state index >= 15 is 0 Å². The van der Waals surface area contributed by atoms with Crippen molar-refractivity contribution in [2.75, 3.05) is 13.6 Å². The average molecular weight is 515 g/mol. The van der Waals surface area contributed by atoms with Crippen molar-refractivity contribution in [1.29, 1.82) is 0 Å². The maximum absolute atomic E-state index is 12.9. The van der Waals surface area contributed by atoms with E-state index < -0.39 is 0 Å². The van der Waals surface area contributed by atoms with Gasteiger partial charge in [0, 0.05) is 18.4 Å². The van der Waals surface area contributed by atoms with Crippen LogP contribution < -0.4 is 5.32 Å². The molecule has 3 nitrogen and oxygen atoms in total. The van der Waals surface area contributed by atoms with Crippen molar-refractivity contribution in [3.05, 3.63) is 114 Å². The zero-order valence-electron chi connectivity index (χ0n) is 23.4. The summed E-state index contributed by atoms with van der Waals surface area (Å²) in [6.07, 6.45) is 9.24. The van der Waals surface area contributed by atoms with Crippen LogP contribution in [0.1, 0.15) is 62.1 Å². The van der Waals surface area contributed by atoms with Gasteiger partial charge in [-0.1, -0.05) is 111 Å². The van der Waals surface area contributed by atoms with Gasteiger partial charge >= 0.3 is 0 Å². The summed E-state index contributed by atoms with van der Waals surface area (Å²) in [6, 6.07) is 28.8. The Morgan fingerprint density at radius 2 is 1.69 bits per heavy atom. The molecule has 4 aromatic rings. The molecule has 1 heterocycles. The van der Waals surface area contributed by atoms with E-state index in [1.807, 2.05) is 11.9 Å². The number of allylic oxidation sites excluding steroid dienone is 3. The molecule has 6 rings (SSSR count). The molecule has 0 bridgehead atoms. The van der Waals surface area contributed by atoms with E-state index in [1.165, 1.54) is 43.8 Å². The van der Waals surface area contributed by atoms with Gasteiger partial charge in [-0.2, -0.15) is 0 Å². The summed E-state index contributed by atoms with van der Waals surface area (Å²) in [6.45, 7) is 7.16. The Morgan fingerprint density at radius 3 is 2.41 bits per heavy atom. The van der Waals surface area contributed by atoms with Gasteiger partial charge < -0.3 is 4.90 Å². The van der Waals surface area contributed by atoms with Crippen molar-refractivity contribution < 1.29 is 4.79 Å². The van der Waals surface area contributed by atoms with Gasteiger partial charge in [0.15, 0.2) is 0 Å². The first-order valence-corrected chi connectivity index (χ1v) is 14.3. The van der Waals surface area contributed by atoms with Crippen LogP contribution in [-0.4, -0.2) is 30.6 Å². The Morgan fingerprint density at radius 1 is 1.00 bits per heavy atom. The van der Waals surface area contributed by atoms with E-state index in [0.717, 1.165) is 12.8 Å². The van der Waals surface area contributed by atoms with Crippen molar-refractivity contribution in [2.45, 2.75) is 51.6 Å². The highest BCUT2D eigenvalue weighted by molar-refractivity contribution is 6.10. The molecule has 3 heteroatoms. The van der Waals surface area contributed by atoms with Crippen LogP contribution >= 0.6 is 0 Å². The van der Waals surface area contributed by atoms with Gasteiger partial charge in [-0.3, -0.25) is 10.1 Å². The number of rotatable bonds is 6. The molecule has 2 aliphatic rings. The molecule has 0 radical (unpaired) electrons. The number of carbonyl (C=O) groups excluding carboxylic acids is 1. The molecule has 1 N–H and O–H groups in total. The van der Waals surface area contributed by atoms with Crippen LogP contribution in [0.5, 0.6) is 0 Å². The molecule has 1 amide bonds. The third-order valence-corrected chi connectivity index (χ3v) is 9.03. The van der Waals surface area contributed by atoms with Crippen LogP contribution in [0, 0.1) is 5.41 Å². The Kier molecular flexibility index (Phi) is 6.64. The second kappa shape index (κ2) is 10.1. The van der Waals surface area contributed by atoms with Gasteiger partial charge in [0.1, 0.15) is 0 Å². The summed E-state index contributed by atoms with van der Waals surface area (Å²) < 4.78 is 0. The molecule has 198 valence electrons. The normalized spacial score (nSPS) is 23.9. The molecule has 4 unspecified atom stereocenters. The second-order valence-corrected chi connectivity index (χ2v) is 11.4. The zero-order chi connectivity index (χ0) is 27.1. The SMILES string of the molecule is C/C=C\C1(C)C=C(C(c2cc3ccccc3c3ccccc23)C2NCC(=O)N2C)c2ccccc2C1CCC. The van der Waals surface area contributed by atoms with Crippen LogP contribution in [0.4, 0.5) is 0 Å². The fourth-order valence-corrected chi connectivity index (χ4v) is 7.25. The first kappa shape index (κ1) is 25.6. The van der Waals surface area contributed by atoms with E-state index in [-0.39, 0.29) is 23.4 Å². The lowest BCUT2D eigenvalue weighted by Gasteiger charge is -2.43. The zero-order valence-corrected chi connectivity index (χ0v) is 23.4. The summed E-state index contributed by atoms with van der Waals surface area (Å²) in [5.41, 5.74) is 5.18. The van der Waals surface area contributed by atoms with E-state index in [0.29, 0.717) is 12.5 Å². The number of benzene rings is 4. The molecule has 1 aliphatic carbocycles. The summed E-state index contributed by atoms with van der Waals surface area (Å²) in [7, 11) is 1.95. The van der Waals surface area contributed by atoms with Gasteiger partial charge in [0.25, 0.3) is 0 Å². The molecule has 4 atom stereocenters. The smallest absolute Gasteiger partial charge is 0.237 e. The topological polar surface area (TPSA) is 32.3 Å². The lowest BCUT2D eigenvalue weighted by atomic mass is 9.62. The lowest BCUT2D eigenvalue weighted by Crippen LogP contribution is -2.41. The fourth-order valence-electron chi connectivity index (χ4n) is 7.25. The van der Waals surface area contributed by atoms with Crippen molar-refractivity contribution in [3.8, 4) is 0 Å². The largest absolute Gasteiger partial charge is 0.328 e. The number of nitrogens with one attached hydrogen (secondary N) is 1. The third kappa shape index (κ3) is 4.20. The monoisotopic (exact) mass is 514 g/mol. The van der Waals surface area contributed by atoms with Gasteiger partial charge in [-0.05, 0) is 69.1 Å². The standard InChI is InChI=1S/C36H38N2O/c1-5-13-32-29-19-12-11-18-28(29)31(22-36(32,3)20-6-2)34(35-37-23-33(39)38(35)4)30-21-24-14-7-8-15-25(24)26-16-9-10-17-27(26)30/h6-12,14-22,32,34-35,37H,5,13,23H2,1-4H3/b20-6-.